The SMILES string of the molecule is COC1=C(C)CC2(CC1)Cc1ccc(Br)cc1C2=O. The molecular formula is C16H17BrO2. The van der Waals surface area contributed by atoms with Gasteiger partial charge in [-0.25, -0.2) is 0 Å². The van der Waals surface area contributed by atoms with E-state index in [1.807, 2.05) is 12.1 Å². The summed E-state index contributed by atoms with van der Waals surface area (Å²) in [6.07, 6.45) is 3.49. The number of rotatable bonds is 1. The molecule has 1 unspecified atom stereocenters. The van der Waals surface area contributed by atoms with Crippen LogP contribution in [0.4, 0.5) is 0 Å². The number of ketones is 1. The second-order valence-electron chi connectivity index (χ2n) is 5.67. The highest BCUT2D eigenvalue weighted by Gasteiger charge is 2.47. The minimum Gasteiger partial charge on any atom is -0.501 e. The van der Waals surface area contributed by atoms with Crippen LogP contribution in [0.3, 0.4) is 0 Å². The van der Waals surface area contributed by atoms with Crippen LogP contribution in [-0.2, 0) is 11.2 Å². The van der Waals surface area contributed by atoms with E-state index in [2.05, 4.69) is 28.9 Å². The van der Waals surface area contributed by atoms with Crippen molar-refractivity contribution in [1.82, 2.24) is 0 Å². The van der Waals surface area contributed by atoms with Gasteiger partial charge in [0.2, 0.25) is 0 Å². The van der Waals surface area contributed by atoms with Crippen LogP contribution >= 0.6 is 15.9 Å². The van der Waals surface area contributed by atoms with E-state index in [-0.39, 0.29) is 5.41 Å². The lowest BCUT2D eigenvalue weighted by molar-refractivity contribution is 0.0775. The molecule has 2 aliphatic rings. The number of Topliss-reactive ketones (excluding diaryl/α,β-unsaturated/α-hetero) is 1. The van der Waals surface area contributed by atoms with E-state index in [1.165, 1.54) is 11.1 Å². The molecule has 0 aliphatic heterocycles. The monoisotopic (exact) mass is 320 g/mol. The molecule has 0 amide bonds. The molecule has 0 N–H and O–H groups in total. The number of halogens is 1. The van der Waals surface area contributed by atoms with Gasteiger partial charge in [-0.1, -0.05) is 22.0 Å². The maximum absolute atomic E-state index is 12.8. The zero-order chi connectivity index (χ0) is 13.6. The molecule has 1 spiro atoms. The molecule has 2 aliphatic carbocycles. The number of allylic oxidation sites excluding steroid dienone is 2. The summed E-state index contributed by atoms with van der Waals surface area (Å²) in [5, 5.41) is 0. The second-order valence-corrected chi connectivity index (χ2v) is 6.59. The molecular weight excluding hydrogens is 304 g/mol. The molecule has 3 heteroatoms. The minimum absolute atomic E-state index is 0.213. The summed E-state index contributed by atoms with van der Waals surface area (Å²) >= 11 is 3.46. The highest BCUT2D eigenvalue weighted by atomic mass is 79.9. The number of carbonyl (C=O) groups is 1. The number of fused-ring (bicyclic) bond motifs is 1. The summed E-state index contributed by atoms with van der Waals surface area (Å²) in [6, 6.07) is 6.07. The number of ether oxygens (including phenoxy) is 1. The molecule has 2 nitrogen and oxygen atoms in total. The molecule has 0 saturated carbocycles. The first-order valence-electron chi connectivity index (χ1n) is 6.61. The third-order valence-electron chi connectivity index (χ3n) is 4.48. The lowest BCUT2D eigenvalue weighted by atomic mass is 9.71. The van der Waals surface area contributed by atoms with Crippen LogP contribution < -0.4 is 0 Å². The molecule has 1 aromatic rings. The number of hydrogen-bond donors (Lipinski definition) is 0. The summed E-state index contributed by atoms with van der Waals surface area (Å²) in [5.41, 5.74) is 3.12. The van der Waals surface area contributed by atoms with E-state index in [0.29, 0.717) is 5.78 Å². The van der Waals surface area contributed by atoms with Gasteiger partial charge in [0.1, 0.15) is 0 Å². The predicted molar refractivity (Wildman–Crippen MR) is 78.2 cm³/mol. The summed E-state index contributed by atoms with van der Waals surface area (Å²) in [4.78, 5) is 12.8. The van der Waals surface area contributed by atoms with E-state index in [1.54, 1.807) is 7.11 Å². The van der Waals surface area contributed by atoms with Crippen molar-refractivity contribution in [3.63, 3.8) is 0 Å². The Bertz CT molecular complexity index is 588. The van der Waals surface area contributed by atoms with Gasteiger partial charge in [-0.3, -0.25) is 4.79 Å². The van der Waals surface area contributed by atoms with Gasteiger partial charge in [0.15, 0.2) is 5.78 Å². The Morgan fingerprint density at radius 3 is 2.79 bits per heavy atom. The van der Waals surface area contributed by atoms with Gasteiger partial charge in [0.25, 0.3) is 0 Å². The lowest BCUT2D eigenvalue weighted by Gasteiger charge is -2.33. The van der Waals surface area contributed by atoms with Crippen molar-refractivity contribution in [3.05, 3.63) is 45.1 Å². The Morgan fingerprint density at radius 1 is 1.32 bits per heavy atom. The first-order chi connectivity index (χ1) is 9.05. The van der Waals surface area contributed by atoms with Crippen LogP contribution in [0.2, 0.25) is 0 Å². The van der Waals surface area contributed by atoms with Gasteiger partial charge < -0.3 is 4.74 Å². The van der Waals surface area contributed by atoms with Gasteiger partial charge in [-0.2, -0.15) is 0 Å². The Balaban J connectivity index is 1.98. The number of benzene rings is 1. The number of carbonyl (C=O) groups excluding carboxylic acids is 1. The van der Waals surface area contributed by atoms with E-state index in [4.69, 9.17) is 4.74 Å². The molecule has 19 heavy (non-hydrogen) atoms. The standard InChI is InChI=1S/C16H17BrO2/c1-10-8-16(6-5-14(10)19-2)9-11-3-4-12(17)7-13(11)15(16)18/h3-4,7H,5-6,8-9H2,1-2H3. The largest absolute Gasteiger partial charge is 0.501 e. The van der Waals surface area contributed by atoms with Gasteiger partial charge in [-0.15, -0.1) is 0 Å². The summed E-state index contributed by atoms with van der Waals surface area (Å²) in [6.45, 7) is 2.09. The first-order valence-corrected chi connectivity index (χ1v) is 7.41. The Kier molecular flexibility index (Phi) is 3.05. The topological polar surface area (TPSA) is 26.3 Å². The molecule has 0 aromatic heterocycles. The Hall–Kier alpha value is -1.09. The zero-order valence-electron chi connectivity index (χ0n) is 11.3. The Morgan fingerprint density at radius 2 is 2.11 bits per heavy atom. The fourth-order valence-electron chi connectivity index (χ4n) is 3.53. The summed E-state index contributed by atoms with van der Waals surface area (Å²) in [7, 11) is 1.72. The average molecular weight is 321 g/mol. The van der Waals surface area contributed by atoms with E-state index in [9.17, 15) is 4.79 Å². The van der Waals surface area contributed by atoms with E-state index >= 15 is 0 Å². The summed E-state index contributed by atoms with van der Waals surface area (Å²) in [5.74, 6) is 1.38. The molecule has 3 rings (SSSR count). The molecule has 100 valence electrons. The molecule has 1 atom stereocenters. The molecule has 0 heterocycles. The molecule has 0 fully saturated rings. The molecule has 1 aromatic carbocycles. The quantitative estimate of drug-likeness (QED) is 0.772. The average Bonchev–Trinajstić information content (AvgIpc) is 2.64. The predicted octanol–water partition coefficient (Wildman–Crippen LogP) is 4.28. The molecule has 0 saturated heterocycles. The van der Waals surface area contributed by atoms with Crippen LogP contribution in [0, 0.1) is 5.41 Å². The molecule has 0 radical (unpaired) electrons. The van der Waals surface area contributed by atoms with Crippen molar-refractivity contribution in [2.24, 2.45) is 5.41 Å². The van der Waals surface area contributed by atoms with Gasteiger partial charge in [-0.05, 0) is 49.5 Å². The number of methoxy groups -OCH3 is 1. The van der Waals surface area contributed by atoms with Crippen molar-refractivity contribution in [3.8, 4) is 0 Å². The highest BCUT2D eigenvalue weighted by Crippen LogP contribution is 2.49. The smallest absolute Gasteiger partial charge is 0.169 e. The normalized spacial score (nSPS) is 25.9. The molecule has 0 bridgehead atoms. The fraction of sp³-hybridized carbons (Fsp3) is 0.438. The van der Waals surface area contributed by atoms with Gasteiger partial charge in [0, 0.05) is 21.9 Å². The van der Waals surface area contributed by atoms with Crippen molar-refractivity contribution >= 4 is 21.7 Å². The van der Waals surface area contributed by atoms with Crippen LogP contribution in [0.25, 0.3) is 0 Å². The van der Waals surface area contributed by atoms with Crippen molar-refractivity contribution < 1.29 is 9.53 Å². The third kappa shape index (κ3) is 1.95. The van der Waals surface area contributed by atoms with Crippen LogP contribution in [0.5, 0.6) is 0 Å². The zero-order valence-corrected chi connectivity index (χ0v) is 12.8. The van der Waals surface area contributed by atoms with E-state index in [0.717, 1.165) is 41.5 Å². The van der Waals surface area contributed by atoms with Gasteiger partial charge in [0.05, 0.1) is 12.9 Å². The second kappa shape index (κ2) is 4.48. The minimum atomic E-state index is -0.213. The Labute approximate surface area is 122 Å². The van der Waals surface area contributed by atoms with Crippen molar-refractivity contribution in [2.75, 3.05) is 7.11 Å². The van der Waals surface area contributed by atoms with Crippen molar-refractivity contribution in [2.45, 2.75) is 32.6 Å². The fourth-order valence-corrected chi connectivity index (χ4v) is 3.89. The van der Waals surface area contributed by atoms with Crippen LogP contribution in [0.15, 0.2) is 34.0 Å². The third-order valence-corrected chi connectivity index (χ3v) is 4.98. The van der Waals surface area contributed by atoms with Crippen molar-refractivity contribution in [1.29, 1.82) is 0 Å². The first kappa shape index (κ1) is 12.9. The lowest BCUT2D eigenvalue weighted by Crippen LogP contribution is -2.31. The maximum Gasteiger partial charge on any atom is 0.169 e. The van der Waals surface area contributed by atoms with Gasteiger partial charge >= 0.3 is 0 Å². The van der Waals surface area contributed by atoms with Crippen LogP contribution in [-0.4, -0.2) is 12.9 Å². The number of hydrogen-bond acceptors (Lipinski definition) is 2. The van der Waals surface area contributed by atoms with Crippen LogP contribution in [0.1, 0.15) is 42.1 Å². The maximum atomic E-state index is 12.8. The highest BCUT2D eigenvalue weighted by molar-refractivity contribution is 9.10. The summed E-state index contributed by atoms with van der Waals surface area (Å²) < 4.78 is 6.38. The van der Waals surface area contributed by atoms with E-state index < -0.39 is 0 Å².